The molecule has 0 spiro atoms. The van der Waals surface area contributed by atoms with E-state index < -0.39 is 0 Å². The maximum Gasteiger partial charge on any atom is 0.270 e. The molecule has 1 fully saturated rings. The first-order valence-electron chi connectivity index (χ1n) is 9.09. The van der Waals surface area contributed by atoms with Gasteiger partial charge in [0.25, 0.3) is 5.91 Å². The van der Waals surface area contributed by atoms with Crippen molar-refractivity contribution in [2.24, 2.45) is 0 Å². The van der Waals surface area contributed by atoms with Gasteiger partial charge in [-0.05, 0) is 35.4 Å². The van der Waals surface area contributed by atoms with Crippen LogP contribution in [-0.2, 0) is 11.3 Å². The second kappa shape index (κ2) is 7.19. The number of carbonyl (C=O) groups is 2. The van der Waals surface area contributed by atoms with Crippen LogP contribution >= 0.6 is 0 Å². The summed E-state index contributed by atoms with van der Waals surface area (Å²) in [6.45, 7) is 2.91. The number of fused-ring (bicyclic) bond motifs is 1. The number of nitrogens with one attached hydrogen (secondary N) is 1. The molecule has 4 rings (SSSR count). The number of hydrogen-bond acceptors (Lipinski definition) is 3. The van der Waals surface area contributed by atoms with Crippen molar-refractivity contribution < 1.29 is 9.59 Å². The Bertz CT molecular complexity index is 1010. The summed E-state index contributed by atoms with van der Waals surface area (Å²) in [6, 6.07) is 19.5. The number of nitrogens with zero attached hydrogens (tertiary/aromatic N) is 2. The smallest absolute Gasteiger partial charge is 0.270 e. The van der Waals surface area contributed by atoms with E-state index in [0.717, 1.165) is 22.0 Å². The second-order valence-corrected chi connectivity index (χ2v) is 6.95. The fraction of sp³-hybridized carbons (Fsp3) is 0.227. The van der Waals surface area contributed by atoms with E-state index in [0.29, 0.717) is 25.2 Å². The molecule has 5 nitrogen and oxygen atoms in total. The average Bonchev–Trinajstić information content (AvgIpc) is 3.01. The van der Waals surface area contributed by atoms with Crippen molar-refractivity contribution in [2.75, 3.05) is 6.54 Å². The van der Waals surface area contributed by atoms with Gasteiger partial charge in [0.1, 0.15) is 5.69 Å². The first-order chi connectivity index (χ1) is 13.1. The number of likely N-dealkylation sites (tertiary alicyclic amines) is 1. The molecule has 0 saturated carbocycles. The fourth-order valence-corrected chi connectivity index (χ4v) is 3.59. The molecule has 27 heavy (non-hydrogen) atoms. The predicted octanol–water partition coefficient (Wildman–Crippen LogP) is 3.07. The summed E-state index contributed by atoms with van der Waals surface area (Å²) in [5.41, 5.74) is 2.30. The van der Waals surface area contributed by atoms with Crippen molar-refractivity contribution in [1.29, 1.82) is 0 Å². The van der Waals surface area contributed by atoms with Crippen molar-refractivity contribution >= 4 is 22.6 Å². The molecule has 1 aliphatic heterocycles. The van der Waals surface area contributed by atoms with Gasteiger partial charge in [-0.25, -0.2) is 4.98 Å². The van der Waals surface area contributed by atoms with Crippen LogP contribution in [0.25, 0.3) is 10.8 Å². The number of aromatic nitrogens is 1. The highest BCUT2D eigenvalue weighted by Gasteiger charge is 2.31. The van der Waals surface area contributed by atoms with Crippen LogP contribution in [0.15, 0.2) is 60.7 Å². The van der Waals surface area contributed by atoms with E-state index in [1.807, 2.05) is 42.2 Å². The zero-order valence-corrected chi connectivity index (χ0v) is 15.2. The van der Waals surface area contributed by atoms with Gasteiger partial charge in [-0.3, -0.25) is 9.59 Å². The van der Waals surface area contributed by atoms with E-state index in [1.165, 1.54) is 0 Å². The Hall–Kier alpha value is -3.21. The standard InChI is InChI=1S/C22H21N3O2/c1-15-6-4-11-20(23-15)22(27)24-18-12-21(26)25(14-18)13-17-9-5-8-16-7-2-3-10-19(16)17/h2-11,18H,12-14H2,1H3,(H,24,27)/t18-/m1/s1. The number of aryl methyl sites for hydroxylation is 1. The molecule has 1 aliphatic rings. The van der Waals surface area contributed by atoms with Crippen molar-refractivity contribution in [1.82, 2.24) is 15.2 Å². The van der Waals surface area contributed by atoms with Gasteiger partial charge < -0.3 is 10.2 Å². The van der Waals surface area contributed by atoms with E-state index in [9.17, 15) is 9.59 Å². The normalized spacial score (nSPS) is 16.7. The molecule has 5 heteroatoms. The second-order valence-electron chi connectivity index (χ2n) is 6.95. The SMILES string of the molecule is Cc1cccc(C(=O)N[C@@H]2CC(=O)N(Cc3cccc4ccccc34)C2)n1. The van der Waals surface area contributed by atoms with Gasteiger partial charge in [0.2, 0.25) is 5.91 Å². The molecule has 1 saturated heterocycles. The highest BCUT2D eigenvalue weighted by Crippen LogP contribution is 2.22. The lowest BCUT2D eigenvalue weighted by molar-refractivity contribution is -0.128. The first kappa shape index (κ1) is 17.2. The third kappa shape index (κ3) is 3.67. The molecular formula is C22H21N3O2. The molecular weight excluding hydrogens is 338 g/mol. The van der Waals surface area contributed by atoms with Crippen LogP contribution in [0.3, 0.4) is 0 Å². The lowest BCUT2D eigenvalue weighted by Crippen LogP contribution is -2.37. The first-order valence-corrected chi connectivity index (χ1v) is 9.09. The average molecular weight is 359 g/mol. The van der Waals surface area contributed by atoms with E-state index in [-0.39, 0.29) is 17.9 Å². The summed E-state index contributed by atoms with van der Waals surface area (Å²) >= 11 is 0. The van der Waals surface area contributed by atoms with E-state index in [1.54, 1.807) is 6.07 Å². The van der Waals surface area contributed by atoms with E-state index >= 15 is 0 Å². The Balaban J connectivity index is 1.45. The van der Waals surface area contributed by atoms with Crippen molar-refractivity contribution in [3.63, 3.8) is 0 Å². The van der Waals surface area contributed by atoms with E-state index in [2.05, 4.69) is 34.6 Å². The summed E-state index contributed by atoms with van der Waals surface area (Å²) in [5.74, 6) is -0.172. The molecule has 1 aromatic heterocycles. The lowest BCUT2D eigenvalue weighted by atomic mass is 10.0. The predicted molar refractivity (Wildman–Crippen MR) is 104 cm³/mol. The Kier molecular flexibility index (Phi) is 4.59. The lowest BCUT2D eigenvalue weighted by Gasteiger charge is -2.18. The van der Waals surface area contributed by atoms with Crippen molar-refractivity contribution in [2.45, 2.75) is 25.9 Å². The summed E-state index contributed by atoms with van der Waals surface area (Å²) in [4.78, 5) is 30.9. The summed E-state index contributed by atoms with van der Waals surface area (Å²) in [5, 5.41) is 5.26. The van der Waals surface area contributed by atoms with Crippen LogP contribution in [0.1, 0.15) is 28.2 Å². The number of carbonyl (C=O) groups excluding carboxylic acids is 2. The molecule has 0 unspecified atom stereocenters. The molecule has 2 aromatic carbocycles. The summed E-state index contributed by atoms with van der Waals surface area (Å²) in [7, 11) is 0. The quantitative estimate of drug-likeness (QED) is 0.779. The number of pyridine rings is 1. The monoisotopic (exact) mass is 359 g/mol. The Morgan fingerprint density at radius 3 is 2.74 bits per heavy atom. The zero-order valence-electron chi connectivity index (χ0n) is 15.2. The van der Waals surface area contributed by atoms with Crippen molar-refractivity contribution in [3.8, 4) is 0 Å². The van der Waals surface area contributed by atoms with Crippen LogP contribution in [0.5, 0.6) is 0 Å². The highest BCUT2D eigenvalue weighted by atomic mass is 16.2. The van der Waals surface area contributed by atoms with Crippen LogP contribution in [0, 0.1) is 6.92 Å². The minimum absolute atomic E-state index is 0.0606. The minimum Gasteiger partial charge on any atom is -0.346 e. The molecule has 136 valence electrons. The summed E-state index contributed by atoms with van der Waals surface area (Å²) < 4.78 is 0. The molecule has 0 aliphatic carbocycles. The summed E-state index contributed by atoms with van der Waals surface area (Å²) in [6.07, 6.45) is 0.322. The minimum atomic E-state index is -0.233. The zero-order chi connectivity index (χ0) is 18.8. The van der Waals surface area contributed by atoms with Gasteiger partial charge in [-0.2, -0.15) is 0 Å². The topological polar surface area (TPSA) is 62.3 Å². The largest absolute Gasteiger partial charge is 0.346 e. The third-order valence-electron chi connectivity index (χ3n) is 4.91. The number of hydrogen-bond donors (Lipinski definition) is 1. The Morgan fingerprint density at radius 2 is 1.89 bits per heavy atom. The number of rotatable bonds is 4. The molecule has 3 aromatic rings. The van der Waals surface area contributed by atoms with Gasteiger partial charge in [0, 0.05) is 25.2 Å². The van der Waals surface area contributed by atoms with Gasteiger partial charge in [-0.1, -0.05) is 48.5 Å². The number of benzene rings is 2. The number of amides is 2. The third-order valence-corrected chi connectivity index (χ3v) is 4.91. The Labute approximate surface area is 158 Å². The van der Waals surface area contributed by atoms with Crippen LogP contribution in [0.4, 0.5) is 0 Å². The van der Waals surface area contributed by atoms with Crippen LogP contribution in [-0.4, -0.2) is 34.3 Å². The van der Waals surface area contributed by atoms with Gasteiger partial charge >= 0.3 is 0 Å². The molecule has 1 atom stereocenters. The van der Waals surface area contributed by atoms with Crippen molar-refractivity contribution in [3.05, 3.63) is 77.6 Å². The van der Waals surface area contributed by atoms with Gasteiger partial charge in [0.05, 0.1) is 6.04 Å². The van der Waals surface area contributed by atoms with Crippen LogP contribution < -0.4 is 5.32 Å². The maximum atomic E-state index is 12.5. The highest BCUT2D eigenvalue weighted by molar-refractivity contribution is 5.93. The van der Waals surface area contributed by atoms with Gasteiger partial charge in [0.15, 0.2) is 0 Å². The molecule has 0 bridgehead atoms. The van der Waals surface area contributed by atoms with Gasteiger partial charge in [-0.15, -0.1) is 0 Å². The molecule has 2 amide bonds. The molecule has 2 heterocycles. The van der Waals surface area contributed by atoms with E-state index in [4.69, 9.17) is 0 Å². The van der Waals surface area contributed by atoms with Crippen LogP contribution in [0.2, 0.25) is 0 Å². The molecule has 1 N–H and O–H groups in total. The fourth-order valence-electron chi connectivity index (χ4n) is 3.59. The molecule has 0 radical (unpaired) electrons. The maximum absolute atomic E-state index is 12.5. The Morgan fingerprint density at radius 1 is 1.11 bits per heavy atom.